The molecule has 3 rings (SSSR count). The van der Waals surface area contributed by atoms with Gasteiger partial charge in [0.05, 0.1) is 11.6 Å². The molecular formula is C13H13N3O2. The van der Waals surface area contributed by atoms with Crippen LogP contribution in [0.4, 0.5) is 0 Å². The van der Waals surface area contributed by atoms with Crippen LogP contribution in [0.1, 0.15) is 23.9 Å². The van der Waals surface area contributed by atoms with Gasteiger partial charge in [0.1, 0.15) is 5.82 Å². The number of carboxylic acids is 1. The number of nitrogens with zero attached hydrogens (tertiary/aromatic N) is 2. The Morgan fingerprint density at radius 2 is 2.39 bits per heavy atom. The maximum Gasteiger partial charge on any atom is 0.307 e. The molecule has 0 amide bonds. The van der Waals surface area contributed by atoms with Crippen LogP contribution in [0.2, 0.25) is 0 Å². The number of imidazole rings is 1. The van der Waals surface area contributed by atoms with Crippen molar-refractivity contribution in [2.45, 2.75) is 19.3 Å². The van der Waals surface area contributed by atoms with Gasteiger partial charge in [0.2, 0.25) is 0 Å². The second-order valence-electron chi connectivity index (χ2n) is 4.62. The van der Waals surface area contributed by atoms with Gasteiger partial charge in [0, 0.05) is 29.6 Å². The van der Waals surface area contributed by atoms with E-state index in [9.17, 15) is 4.79 Å². The Morgan fingerprint density at radius 1 is 1.56 bits per heavy atom. The molecule has 1 fully saturated rings. The number of carboxylic acid groups (broad SMARTS) is 1. The van der Waals surface area contributed by atoms with E-state index in [1.54, 1.807) is 12.4 Å². The summed E-state index contributed by atoms with van der Waals surface area (Å²) in [5.74, 6) is -0.209. The molecular weight excluding hydrogens is 230 g/mol. The van der Waals surface area contributed by atoms with Crippen LogP contribution in [0.3, 0.4) is 0 Å². The van der Waals surface area contributed by atoms with Crippen molar-refractivity contribution < 1.29 is 9.90 Å². The SMILES string of the molecule is Cc1[nH]c(C2CC2C(=O)O)nc1-c1cccnc1. The van der Waals surface area contributed by atoms with Gasteiger partial charge in [-0.1, -0.05) is 0 Å². The molecule has 0 bridgehead atoms. The first-order valence-corrected chi connectivity index (χ1v) is 5.86. The molecule has 5 heteroatoms. The zero-order chi connectivity index (χ0) is 12.7. The number of carbonyl (C=O) groups is 1. The molecule has 2 N–H and O–H groups in total. The van der Waals surface area contributed by atoms with Crippen LogP contribution < -0.4 is 0 Å². The largest absolute Gasteiger partial charge is 0.481 e. The number of hydrogen-bond donors (Lipinski definition) is 2. The molecule has 0 saturated heterocycles. The van der Waals surface area contributed by atoms with Crippen LogP contribution in [0.25, 0.3) is 11.3 Å². The Hall–Kier alpha value is -2.17. The van der Waals surface area contributed by atoms with Crippen molar-refractivity contribution in [1.82, 2.24) is 15.0 Å². The molecule has 2 aromatic heterocycles. The minimum Gasteiger partial charge on any atom is -0.481 e. The molecule has 2 atom stereocenters. The molecule has 1 saturated carbocycles. The van der Waals surface area contributed by atoms with Crippen molar-refractivity contribution in [3.05, 3.63) is 36.0 Å². The summed E-state index contributed by atoms with van der Waals surface area (Å²) in [7, 11) is 0. The van der Waals surface area contributed by atoms with Crippen LogP contribution in [0, 0.1) is 12.8 Å². The minimum absolute atomic E-state index is 0.0339. The first-order valence-electron chi connectivity index (χ1n) is 5.86. The number of nitrogens with one attached hydrogen (secondary N) is 1. The summed E-state index contributed by atoms with van der Waals surface area (Å²) in [6, 6.07) is 3.81. The van der Waals surface area contributed by atoms with E-state index in [4.69, 9.17) is 5.11 Å². The third-order valence-corrected chi connectivity index (χ3v) is 3.30. The van der Waals surface area contributed by atoms with E-state index in [0.717, 1.165) is 22.8 Å². The summed E-state index contributed by atoms with van der Waals surface area (Å²) in [4.78, 5) is 22.6. The van der Waals surface area contributed by atoms with Gasteiger partial charge in [0.25, 0.3) is 0 Å². The van der Waals surface area contributed by atoms with Crippen LogP contribution in [0.15, 0.2) is 24.5 Å². The predicted molar refractivity (Wildman–Crippen MR) is 65.0 cm³/mol. The third kappa shape index (κ3) is 1.77. The Kier molecular flexibility index (Phi) is 2.40. The van der Waals surface area contributed by atoms with Crippen molar-refractivity contribution in [2.75, 3.05) is 0 Å². The standard InChI is InChI=1S/C13H13N3O2/c1-7-11(8-3-2-4-14-6-8)16-12(15-7)9-5-10(9)13(17)18/h2-4,6,9-10H,5H2,1H3,(H,15,16)(H,17,18). The lowest BCUT2D eigenvalue weighted by molar-refractivity contribution is -0.138. The molecule has 1 aliphatic rings. The van der Waals surface area contributed by atoms with Crippen LogP contribution in [-0.2, 0) is 4.79 Å². The van der Waals surface area contributed by atoms with Gasteiger partial charge >= 0.3 is 5.97 Å². The second-order valence-corrected chi connectivity index (χ2v) is 4.62. The van der Waals surface area contributed by atoms with E-state index >= 15 is 0 Å². The number of aliphatic carboxylic acids is 1. The van der Waals surface area contributed by atoms with Crippen molar-refractivity contribution in [3.8, 4) is 11.3 Å². The zero-order valence-corrected chi connectivity index (χ0v) is 9.92. The lowest BCUT2D eigenvalue weighted by atomic mass is 10.2. The first-order chi connectivity index (χ1) is 8.66. The number of rotatable bonds is 3. The lowest BCUT2D eigenvalue weighted by Crippen LogP contribution is -1.99. The topological polar surface area (TPSA) is 78.9 Å². The van der Waals surface area contributed by atoms with Crippen LogP contribution >= 0.6 is 0 Å². The number of aromatic nitrogens is 3. The van der Waals surface area contributed by atoms with Gasteiger partial charge in [-0.2, -0.15) is 0 Å². The van der Waals surface area contributed by atoms with E-state index in [-0.39, 0.29) is 11.8 Å². The van der Waals surface area contributed by atoms with Crippen LogP contribution in [0.5, 0.6) is 0 Å². The van der Waals surface area contributed by atoms with Crippen molar-refractivity contribution in [3.63, 3.8) is 0 Å². The minimum atomic E-state index is -0.739. The average Bonchev–Trinajstić information content (AvgIpc) is 3.08. The summed E-state index contributed by atoms with van der Waals surface area (Å²) in [6.45, 7) is 1.94. The van der Waals surface area contributed by atoms with Gasteiger partial charge in [-0.3, -0.25) is 9.78 Å². The Bertz CT molecular complexity index is 592. The molecule has 2 aromatic rings. The lowest BCUT2D eigenvalue weighted by Gasteiger charge is -1.95. The monoisotopic (exact) mass is 243 g/mol. The smallest absolute Gasteiger partial charge is 0.307 e. The maximum atomic E-state index is 10.9. The van der Waals surface area contributed by atoms with E-state index < -0.39 is 5.97 Å². The van der Waals surface area contributed by atoms with E-state index in [1.807, 2.05) is 19.1 Å². The van der Waals surface area contributed by atoms with E-state index in [0.29, 0.717) is 6.42 Å². The van der Waals surface area contributed by atoms with Crippen molar-refractivity contribution in [1.29, 1.82) is 0 Å². The van der Waals surface area contributed by atoms with Gasteiger partial charge in [-0.15, -0.1) is 0 Å². The first kappa shape index (κ1) is 11.0. The Morgan fingerprint density at radius 3 is 3.00 bits per heavy atom. The molecule has 2 heterocycles. The molecule has 0 radical (unpaired) electrons. The number of aryl methyl sites for hydroxylation is 1. The van der Waals surface area contributed by atoms with Crippen LogP contribution in [-0.4, -0.2) is 26.0 Å². The van der Waals surface area contributed by atoms with Gasteiger partial charge in [-0.25, -0.2) is 4.98 Å². The molecule has 0 aromatic carbocycles. The predicted octanol–water partition coefficient (Wildman–Crippen LogP) is 1.97. The summed E-state index contributed by atoms with van der Waals surface area (Å²) in [5.41, 5.74) is 2.76. The maximum absolute atomic E-state index is 10.9. The molecule has 0 spiro atoms. The highest BCUT2D eigenvalue weighted by molar-refractivity contribution is 5.75. The molecule has 2 unspecified atom stereocenters. The van der Waals surface area contributed by atoms with Crippen molar-refractivity contribution >= 4 is 5.97 Å². The van der Waals surface area contributed by atoms with Gasteiger partial charge in [0.15, 0.2) is 0 Å². The fourth-order valence-electron chi connectivity index (χ4n) is 2.21. The molecule has 92 valence electrons. The van der Waals surface area contributed by atoms with Gasteiger partial charge in [-0.05, 0) is 25.5 Å². The highest BCUT2D eigenvalue weighted by Crippen LogP contribution is 2.46. The third-order valence-electron chi connectivity index (χ3n) is 3.30. The van der Waals surface area contributed by atoms with Crippen molar-refractivity contribution in [2.24, 2.45) is 5.92 Å². The Balaban J connectivity index is 1.91. The number of hydrogen-bond acceptors (Lipinski definition) is 3. The summed E-state index contributed by atoms with van der Waals surface area (Å²) in [6.07, 6.45) is 4.15. The fourth-order valence-corrected chi connectivity index (χ4v) is 2.21. The second kappa shape index (κ2) is 3.94. The fraction of sp³-hybridized carbons (Fsp3) is 0.308. The van der Waals surface area contributed by atoms with Gasteiger partial charge < -0.3 is 10.1 Å². The molecule has 5 nitrogen and oxygen atoms in total. The molecule has 0 aliphatic heterocycles. The van der Waals surface area contributed by atoms with E-state index in [1.165, 1.54) is 0 Å². The number of H-pyrrole nitrogens is 1. The summed E-state index contributed by atoms with van der Waals surface area (Å²) >= 11 is 0. The highest BCUT2D eigenvalue weighted by Gasteiger charge is 2.46. The quantitative estimate of drug-likeness (QED) is 0.863. The molecule has 18 heavy (non-hydrogen) atoms. The zero-order valence-electron chi connectivity index (χ0n) is 9.92. The van der Waals surface area contributed by atoms with E-state index in [2.05, 4.69) is 15.0 Å². The highest BCUT2D eigenvalue weighted by atomic mass is 16.4. The summed E-state index contributed by atoms with van der Waals surface area (Å²) in [5, 5.41) is 8.93. The normalized spacial score (nSPS) is 21.8. The number of pyridine rings is 1. The average molecular weight is 243 g/mol. The summed E-state index contributed by atoms with van der Waals surface area (Å²) < 4.78 is 0. The number of aromatic amines is 1. The Labute approximate surface area is 104 Å². The molecule has 1 aliphatic carbocycles.